The van der Waals surface area contributed by atoms with Crippen LogP contribution in [0.15, 0.2) is 24.3 Å². The summed E-state index contributed by atoms with van der Waals surface area (Å²) in [5.41, 5.74) is 2.20. The van der Waals surface area contributed by atoms with Crippen molar-refractivity contribution in [1.29, 1.82) is 0 Å². The Balaban J connectivity index is 1.54. The highest BCUT2D eigenvalue weighted by Crippen LogP contribution is 2.28. The first-order valence-electron chi connectivity index (χ1n) is 9.25. The SMILES string of the molecule is CCOC(=O)Nc1nc2c(s1)CN(CC(=O)Nc1cccc(NC(C)=O)c1)CC2. The van der Waals surface area contributed by atoms with Gasteiger partial charge in [-0.1, -0.05) is 17.4 Å². The summed E-state index contributed by atoms with van der Waals surface area (Å²) >= 11 is 1.40. The van der Waals surface area contributed by atoms with Crippen molar-refractivity contribution in [2.24, 2.45) is 0 Å². The predicted octanol–water partition coefficient (Wildman–Crippen LogP) is 2.67. The van der Waals surface area contributed by atoms with Crippen LogP contribution in [0, 0.1) is 0 Å². The van der Waals surface area contributed by atoms with Gasteiger partial charge < -0.3 is 15.4 Å². The molecule has 2 heterocycles. The van der Waals surface area contributed by atoms with Gasteiger partial charge in [0.15, 0.2) is 5.13 Å². The second kappa shape index (κ2) is 9.48. The third-order valence-electron chi connectivity index (χ3n) is 4.13. The van der Waals surface area contributed by atoms with Crippen molar-refractivity contribution >= 4 is 45.8 Å². The topological polar surface area (TPSA) is 113 Å². The van der Waals surface area contributed by atoms with Crippen molar-refractivity contribution in [3.63, 3.8) is 0 Å². The first-order valence-corrected chi connectivity index (χ1v) is 10.1. The Hall–Kier alpha value is -2.98. The maximum absolute atomic E-state index is 12.4. The third kappa shape index (κ3) is 6.00. The van der Waals surface area contributed by atoms with Gasteiger partial charge in [0.2, 0.25) is 11.8 Å². The number of hydrogen-bond acceptors (Lipinski definition) is 7. The zero-order valence-corrected chi connectivity index (χ0v) is 17.1. The second-order valence-electron chi connectivity index (χ2n) is 6.51. The number of thiazole rings is 1. The number of ether oxygens (including phenoxy) is 1. The summed E-state index contributed by atoms with van der Waals surface area (Å²) in [6.07, 6.45) is 0.193. The molecule has 1 aliphatic rings. The molecule has 3 amide bonds. The Kier molecular flexibility index (Phi) is 6.78. The van der Waals surface area contributed by atoms with Crippen LogP contribution in [0.25, 0.3) is 0 Å². The molecule has 0 unspecified atom stereocenters. The summed E-state index contributed by atoms with van der Waals surface area (Å²) in [6.45, 7) is 5.01. The Bertz CT molecular complexity index is 914. The molecule has 0 radical (unpaired) electrons. The van der Waals surface area contributed by atoms with E-state index in [0.29, 0.717) is 42.6 Å². The lowest BCUT2D eigenvalue weighted by Crippen LogP contribution is -2.36. The van der Waals surface area contributed by atoms with Crippen LogP contribution in [0.3, 0.4) is 0 Å². The molecule has 0 saturated carbocycles. The monoisotopic (exact) mass is 417 g/mol. The number of nitrogens with zero attached hydrogens (tertiary/aromatic N) is 2. The highest BCUT2D eigenvalue weighted by Gasteiger charge is 2.23. The van der Waals surface area contributed by atoms with Crippen LogP contribution in [0.4, 0.5) is 21.3 Å². The smallest absolute Gasteiger partial charge is 0.413 e. The fraction of sp³-hybridized carbons (Fsp3) is 0.368. The summed E-state index contributed by atoms with van der Waals surface area (Å²) in [5, 5.41) is 8.68. The first kappa shape index (κ1) is 20.7. The van der Waals surface area contributed by atoms with Gasteiger partial charge in [-0.15, -0.1) is 0 Å². The lowest BCUT2D eigenvalue weighted by Gasteiger charge is -2.25. The Morgan fingerprint density at radius 2 is 1.97 bits per heavy atom. The molecule has 0 saturated heterocycles. The van der Waals surface area contributed by atoms with Crippen molar-refractivity contribution < 1.29 is 19.1 Å². The van der Waals surface area contributed by atoms with Crippen LogP contribution in [0.2, 0.25) is 0 Å². The third-order valence-corrected chi connectivity index (χ3v) is 5.13. The molecule has 29 heavy (non-hydrogen) atoms. The predicted molar refractivity (Wildman–Crippen MR) is 111 cm³/mol. The van der Waals surface area contributed by atoms with Gasteiger partial charge in [0.05, 0.1) is 18.8 Å². The number of anilines is 3. The van der Waals surface area contributed by atoms with Crippen LogP contribution in [0.5, 0.6) is 0 Å². The van der Waals surface area contributed by atoms with Crippen LogP contribution in [0.1, 0.15) is 24.4 Å². The number of rotatable bonds is 6. The van der Waals surface area contributed by atoms with Gasteiger partial charge in [-0.2, -0.15) is 0 Å². The molecular formula is C19H23N5O4S. The number of fused-ring (bicyclic) bond motifs is 1. The van der Waals surface area contributed by atoms with Crippen LogP contribution in [-0.4, -0.2) is 47.5 Å². The number of aromatic nitrogens is 1. The van der Waals surface area contributed by atoms with Crippen LogP contribution < -0.4 is 16.0 Å². The summed E-state index contributed by atoms with van der Waals surface area (Å²) < 4.78 is 4.87. The van der Waals surface area contributed by atoms with E-state index in [-0.39, 0.29) is 18.4 Å². The van der Waals surface area contributed by atoms with Gasteiger partial charge >= 0.3 is 6.09 Å². The molecule has 9 nitrogen and oxygen atoms in total. The molecule has 2 aromatic rings. The molecule has 1 aromatic carbocycles. The maximum atomic E-state index is 12.4. The highest BCUT2D eigenvalue weighted by atomic mass is 32.1. The van der Waals surface area contributed by atoms with E-state index in [1.165, 1.54) is 18.3 Å². The number of carbonyl (C=O) groups excluding carboxylic acids is 3. The maximum Gasteiger partial charge on any atom is 0.413 e. The first-order chi connectivity index (χ1) is 13.9. The molecule has 0 fully saturated rings. The Morgan fingerprint density at radius 3 is 2.69 bits per heavy atom. The quantitative estimate of drug-likeness (QED) is 0.666. The van der Waals surface area contributed by atoms with Gasteiger partial charge in [0.25, 0.3) is 0 Å². The number of benzene rings is 1. The number of amides is 3. The van der Waals surface area contributed by atoms with Crippen molar-refractivity contribution in [3.05, 3.63) is 34.8 Å². The van der Waals surface area contributed by atoms with Crippen molar-refractivity contribution in [1.82, 2.24) is 9.88 Å². The molecule has 1 aliphatic heterocycles. The lowest BCUT2D eigenvalue weighted by atomic mass is 10.2. The Labute approximate surface area is 172 Å². The van der Waals surface area contributed by atoms with E-state index in [0.717, 1.165) is 10.6 Å². The molecule has 3 rings (SSSR count). The minimum atomic E-state index is -0.517. The number of nitrogens with one attached hydrogen (secondary N) is 3. The molecule has 1 aromatic heterocycles. The summed E-state index contributed by atoms with van der Waals surface area (Å²) in [7, 11) is 0. The molecular weight excluding hydrogens is 394 g/mol. The number of carbonyl (C=O) groups is 3. The minimum absolute atomic E-state index is 0.136. The molecule has 0 aliphatic carbocycles. The molecule has 3 N–H and O–H groups in total. The normalized spacial score (nSPS) is 13.3. The van der Waals surface area contributed by atoms with E-state index in [1.54, 1.807) is 31.2 Å². The number of hydrogen-bond donors (Lipinski definition) is 3. The van der Waals surface area contributed by atoms with Crippen molar-refractivity contribution in [2.75, 3.05) is 35.6 Å². The highest BCUT2D eigenvalue weighted by molar-refractivity contribution is 7.15. The Morgan fingerprint density at radius 1 is 1.21 bits per heavy atom. The van der Waals surface area contributed by atoms with Gasteiger partial charge in [-0.3, -0.25) is 19.8 Å². The molecule has 0 spiro atoms. The fourth-order valence-corrected chi connectivity index (χ4v) is 4.01. The molecule has 154 valence electrons. The van der Waals surface area contributed by atoms with Gasteiger partial charge in [0.1, 0.15) is 0 Å². The van der Waals surface area contributed by atoms with E-state index >= 15 is 0 Å². The van der Waals surface area contributed by atoms with E-state index in [1.807, 2.05) is 4.90 Å². The van der Waals surface area contributed by atoms with Crippen molar-refractivity contribution in [3.8, 4) is 0 Å². The van der Waals surface area contributed by atoms with Gasteiger partial charge in [-0.25, -0.2) is 9.78 Å². The summed E-state index contributed by atoms with van der Waals surface area (Å²) in [4.78, 5) is 42.6. The van der Waals surface area contributed by atoms with Crippen molar-refractivity contribution in [2.45, 2.75) is 26.8 Å². The minimum Gasteiger partial charge on any atom is -0.450 e. The zero-order chi connectivity index (χ0) is 20.8. The molecule has 10 heteroatoms. The van der Waals surface area contributed by atoms with Gasteiger partial charge in [-0.05, 0) is 25.1 Å². The largest absolute Gasteiger partial charge is 0.450 e. The molecule has 0 bridgehead atoms. The standard InChI is InChI=1S/C19H23N5O4S/c1-3-28-19(27)23-18-22-15-7-8-24(10-16(15)29-18)11-17(26)21-14-6-4-5-13(9-14)20-12(2)25/h4-6,9H,3,7-8,10-11H2,1-2H3,(H,20,25)(H,21,26)(H,22,23,27). The molecule has 0 atom stereocenters. The average Bonchev–Trinajstić information content (AvgIpc) is 3.02. The average molecular weight is 417 g/mol. The van der Waals surface area contributed by atoms with E-state index in [4.69, 9.17) is 4.74 Å². The summed E-state index contributed by atoms with van der Waals surface area (Å²) in [6, 6.07) is 7.01. The van der Waals surface area contributed by atoms with E-state index in [9.17, 15) is 14.4 Å². The zero-order valence-electron chi connectivity index (χ0n) is 16.3. The lowest BCUT2D eigenvalue weighted by molar-refractivity contribution is -0.117. The van der Waals surface area contributed by atoms with E-state index < -0.39 is 6.09 Å². The summed E-state index contributed by atoms with van der Waals surface area (Å²) in [5.74, 6) is -0.304. The van der Waals surface area contributed by atoms with Crippen LogP contribution >= 0.6 is 11.3 Å². The van der Waals surface area contributed by atoms with Crippen LogP contribution in [-0.2, 0) is 27.3 Å². The second-order valence-corrected chi connectivity index (χ2v) is 7.59. The fourth-order valence-electron chi connectivity index (χ4n) is 2.97. The van der Waals surface area contributed by atoms with Gasteiger partial charge in [0, 0.05) is 42.7 Å². The van der Waals surface area contributed by atoms with E-state index in [2.05, 4.69) is 20.9 Å².